The highest BCUT2D eigenvalue weighted by molar-refractivity contribution is 7.80. The highest BCUT2D eigenvalue weighted by Gasteiger charge is 2.12. The Morgan fingerprint density at radius 1 is 1.00 bits per heavy atom. The summed E-state index contributed by atoms with van der Waals surface area (Å²) in [5.74, 6) is 0.607. The van der Waals surface area contributed by atoms with Crippen LogP contribution in [0, 0.1) is 0 Å². The Kier molecular flexibility index (Phi) is 9.81. The number of ether oxygens (including phenoxy) is 1. The van der Waals surface area contributed by atoms with E-state index in [1.54, 1.807) is 12.1 Å². The summed E-state index contributed by atoms with van der Waals surface area (Å²) in [6.45, 7) is 7.94. The van der Waals surface area contributed by atoms with Crippen LogP contribution in [-0.2, 0) is 17.8 Å². The molecule has 0 saturated heterocycles. The molecule has 2 rings (SSSR count). The van der Waals surface area contributed by atoms with Gasteiger partial charge in [0.05, 0.1) is 12.3 Å². The standard InChI is InChI=1S/C23H30N4O2S2/c1-23(2,3)17-11-13-18(14-12-17)25-22(30)24-15-7-4-8-16-29-20-10-6-5-9-19(20)26-21(28)27-31/h5-6,9-14H,4,7-8,15-16H2,1-3H3,(H,26,28)(H2,24,25,30). The van der Waals surface area contributed by atoms with Gasteiger partial charge >= 0.3 is 6.03 Å². The average molecular weight is 459 g/mol. The van der Waals surface area contributed by atoms with Gasteiger partial charge in [-0.05, 0) is 66.7 Å². The normalized spacial score (nSPS) is 10.8. The molecular formula is C23H30N4O2S2. The molecule has 166 valence electrons. The molecule has 0 fully saturated rings. The highest BCUT2D eigenvalue weighted by atomic mass is 32.1. The molecule has 0 aliphatic rings. The van der Waals surface area contributed by atoms with Gasteiger partial charge in [-0.1, -0.05) is 45.0 Å². The second-order valence-corrected chi connectivity index (χ2v) is 8.73. The van der Waals surface area contributed by atoms with Crippen LogP contribution >= 0.6 is 12.2 Å². The number of benzene rings is 2. The number of urea groups is 1. The molecule has 2 aromatic carbocycles. The minimum absolute atomic E-state index is 0.137. The summed E-state index contributed by atoms with van der Waals surface area (Å²) in [6.07, 6.45) is 2.86. The first kappa shape index (κ1) is 24.7. The molecule has 8 heteroatoms. The third-order valence-electron chi connectivity index (χ3n) is 4.58. The molecule has 0 spiro atoms. The van der Waals surface area contributed by atoms with Crippen molar-refractivity contribution in [2.24, 2.45) is 4.36 Å². The number of rotatable bonds is 9. The first-order valence-corrected chi connectivity index (χ1v) is 11.1. The Bertz CT molecular complexity index is 880. The maximum atomic E-state index is 11.3. The molecule has 0 atom stereocenters. The molecule has 2 aromatic rings. The molecule has 0 radical (unpaired) electrons. The molecular weight excluding hydrogens is 428 g/mol. The maximum Gasteiger partial charge on any atom is 0.356 e. The zero-order valence-electron chi connectivity index (χ0n) is 18.2. The maximum absolute atomic E-state index is 11.3. The van der Waals surface area contributed by atoms with E-state index < -0.39 is 6.03 Å². The van der Waals surface area contributed by atoms with E-state index in [1.165, 1.54) is 5.56 Å². The van der Waals surface area contributed by atoms with Crippen molar-refractivity contribution in [3.63, 3.8) is 0 Å². The zero-order chi connectivity index (χ0) is 22.7. The number of nitrogens with zero attached hydrogens (tertiary/aromatic N) is 1. The molecule has 0 saturated carbocycles. The lowest BCUT2D eigenvalue weighted by Crippen LogP contribution is -2.29. The summed E-state index contributed by atoms with van der Waals surface area (Å²) in [7, 11) is 0. The van der Waals surface area contributed by atoms with Crippen LogP contribution in [0.15, 0.2) is 52.9 Å². The molecule has 0 heterocycles. The molecule has 0 aromatic heterocycles. The number of para-hydroxylation sites is 2. The molecule has 6 nitrogen and oxygen atoms in total. The third kappa shape index (κ3) is 8.98. The fourth-order valence-electron chi connectivity index (χ4n) is 2.85. The van der Waals surface area contributed by atoms with Crippen LogP contribution in [0.25, 0.3) is 0 Å². The van der Waals surface area contributed by atoms with Crippen molar-refractivity contribution in [2.75, 3.05) is 23.8 Å². The van der Waals surface area contributed by atoms with Gasteiger partial charge in [-0.2, -0.15) is 0 Å². The van der Waals surface area contributed by atoms with Crippen molar-refractivity contribution < 1.29 is 9.53 Å². The van der Waals surface area contributed by atoms with E-state index in [2.05, 4.69) is 77.8 Å². The van der Waals surface area contributed by atoms with Crippen LogP contribution < -0.4 is 20.7 Å². The molecule has 31 heavy (non-hydrogen) atoms. The smallest absolute Gasteiger partial charge is 0.356 e. The summed E-state index contributed by atoms with van der Waals surface area (Å²) in [6, 6.07) is 15.0. The first-order chi connectivity index (χ1) is 14.8. The second-order valence-electron chi connectivity index (χ2n) is 8.13. The van der Waals surface area contributed by atoms with E-state index in [9.17, 15) is 4.79 Å². The lowest BCUT2D eigenvalue weighted by molar-refractivity contribution is 0.259. The zero-order valence-corrected chi connectivity index (χ0v) is 19.9. The molecule has 0 unspecified atom stereocenters. The number of amides is 2. The van der Waals surface area contributed by atoms with Gasteiger partial charge in [0.25, 0.3) is 0 Å². The number of carbonyl (C=O) groups is 1. The average Bonchev–Trinajstić information content (AvgIpc) is 2.73. The lowest BCUT2D eigenvalue weighted by Gasteiger charge is -2.19. The Morgan fingerprint density at radius 3 is 2.39 bits per heavy atom. The van der Waals surface area contributed by atoms with Gasteiger partial charge in [-0.3, -0.25) is 0 Å². The third-order valence-corrected chi connectivity index (χ3v) is 5.00. The van der Waals surface area contributed by atoms with Gasteiger partial charge in [0.2, 0.25) is 0 Å². The van der Waals surface area contributed by atoms with Crippen LogP contribution in [-0.4, -0.2) is 24.3 Å². The van der Waals surface area contributed by atoms with Gasteiger partial charge in [0, 0.05) is 24.7 Å². The Morgan fingerprint density at radius 2 is 1.71 bits per heavy atom. The van der Waals surface area contributed by atoms with Crippen molar-refractivity contribution in [2.45, 2.75) is 45.4 Å². The summed E-state index contributed by atoms with van der Waals surface area (Å²) >= 11 is 9.76. The summed E-state index contributed by atoms with van der Waals surface area (Å²) in [4.78, 5) is 11.3. The van der Waals surface area contributed by atoms with E-state index in [0.717, 1.165) is 31.5 Å². The van der Waals surface area contributed by atoms with E-state index in [4.69, 9.17) is 17.0 Å². The number of hydrogen-bond acceptors (Lipinski definition) is 4. The quantitative estimate of drug-likeness (QED) is 0.327. The summed E-state index contributed by atoms with van der Waals surface area (Å²) < 4.78 is 8.94. The van der Waals surface area contributed by atoms with Crippen LogP contribution in [0.5, 0.6) is 5.75 Å². The van der Waals surface area contributed by atoms with Crippen molar-refractivity contribution in [1.29, 1.82) is 0 Å². The fourth-order valence-corrected chi connectivity index (χ4v) is 3.12. The molecule has 3 N–H and O–H groups in total. The number of hydrogen-bond donors (Lipinski definition) is 3. The van der Waals surface area contributed by atoms with Crippen LogP contribution in [0.3, 0.4) is 0 Å². The number of carbonyl (C=O) groups excluding carboxylic acids is 1. The second kappa shape index (κ2) is 12.3. The summed E-state index contributed by atoms with van der Waals surface area (Å²) in [5, 5.41) is 9.67. The number of unbranched alkanes of at least 4 members (excludes halogenated alkanes) is 2. The van der Waals surface area contributed by atoms with E-state index >= 15 is 0 Å². The Labute approximate surface area is 195 Å². The predicted octanol–water partition coefficient (Wildman–Crippen LogP) is 5.78. The molecule has 0 aliphatic carbocycles. The van der Waals surface area contributed by atoms with Gasteiger partial charge in [-0.25, -0.2) is 4.79 Å². The van der Waals surface area contributed by atoms with E-state index in [0.29, 0.717) is 23.2 Å². The SMILES string of the molecule is CC(C)(C)c1ccc(NC(=S)NCCCCCOc2ccccc2NC(=O)N=S)cc1. The topological polar surface area (TPSA) is 74.8 Å². The molecule has 0 aliphatic heterocycles. The number of anilines is 2. The van der Waals surface area contributed by atoms with Gasteiger partial charge < -0.3 is 20.7 Å². The minimum atomic E-state index is -0.577. The van der Waals surface area contributed by atoms with Gasteiger partial charge in [0.15, 0.2) is 5.11 Å². The fraction of sp³-hybridized carbons (Fsp3) is 0.391. The van der Waals surface area contributed by atoms with Crippen molar-refractivity contribution >= 4 is 47.2 Å². The first-order valence-electron chi connectivity index (χ1n) is 10.3. The number of thiocarbonyl (C=S) groups is 1. The molecule has 0 bridgehead atoms. The Balaban J connectivity index is 1.62. The monoisotopic (exact) mass is 458 g/mol. The van der Waals surface area contributed by atoms with Crippen molar-refractivity contribution in [1.82, 2.24) is 5.32 Å². The molecule has 2 amide bonds. The van der Waals surface area contributed by atoms with Gasteiger partial charge in [0.1, 0.15) is 5.75 Å². The predicted molar refractivity (Wildman–Crippen MR) is 134 cm³/mol. The van der Waals surface area contributed by atoms with Crippen molar-refractivity contribution in [3.8, 4) is 5.75 Å². The van der Waals surface area contributed by atoms with E-state index in [-0.39, 0.29) is 5.41 Å². The van der Waals surface area contributed by atoms with Crippen LogP contribution in [0.2, 0.25) is 0 Å². The highest BCUT2D eigenvalue weighted by Crippen LogP contribution is 2.24. The van der Waals surface area contributed by atoms with Gasteiger partial charge in [-0.15, -0.1) is 4.36 Å². The minimum Gasteiger partial charge on any atom is -0.491 e. The van der Waals surface area contributed by atoms with E-state index in [1.807, 2.05) is 12.1 Å². The Hall–Kier alpha value is -2.58. The van der Waals surface area contributed by atoms with Crippen LogP contribution in [0.1, 0.15) is 45.6 Å². The number of nitrogens with one attached hydrogen (secondary N) is 3. The van der Waals surface area contributed by atoms with Crippen molar-refractivity contribution in [3.05, 3.63) is 54.1 Å². The largest absolute Gasteiger partial charge is 0.491 e. The lowest BCUT2D eigenvalue weighted by atomic mass is 9.87. The summed E-state index contributed by atoms with van der Waals surface area (Å²) in [5.41, 5.74) is 2.97. The van der Waals surface area contributed by atoms with Crippen LogP contribution in [0.4, 0.5) is 16.2 Å².